The summed E-state index contributed by atoms with van der Waals surface area (Å²) in [5.41, 5.74) is 3.59. The van der Waals surface area contributed by atoms with Crippen LogP contribution in [0.3, 0.4) is 0 Å². The summed E-state index contributed by atoms with van der Waals surface area (Å²) < 4.78 is 10.8. The molecule has 0 unspecified atom stereocenters. The molecule has 3 rings (SSSR count). The zero-order valence-electron chi connectivity index (χ0n) is 17.2. The number of fused-ring (bicyclic) bond motifs is 1. The highest BCUT2D eigenvalue weighted by Gasteiger charge is 2.23. The molecule has 2 N–H and O–H groups in total. The van der Waals surface area contributed by atoms with Crippen LogP contribution in [0.1, 0.15) is 55.7 Å². The zero-order chi connectivity index (χ0) is 21.0. The number of carbonyl (C=O) groups is 3. The summed E-state index contributed by atoms with van der Waals surface area (Å²) in [6, 6.07) is 3.44. The van der Waals surface area contributed by atoms with Crippen LogP contribution < -0.4 is 10.6 Å². The van der Waals surface area contributed by atoms with Crippen molar-refractivity contribution in [1.29, 1.82) is 0 Å². The minimum absolute atomic E-state index is 0.0125. The van der Waals surface area contributed by atoms with Gasteiger partial charge in [-0.15, -0.1) is 0 Å². The van der Waals surface area contributed by atoms with Crippen LogP contribution in [-0.2, 0) is 20.7 Å². The van der Waals surface area contributed by atoms with Crippen molar-refractivity contribution in [2.45, 2.75) is 71.4 Å². The first kappa shape index (κ1) is 20.9. The van der Waals surface area contributed by atoms with Crippen LogP contribution in [0.5, 0.6) is 0 Å². The topological polar surface area (TPSA) is 97.6 Å². The first-order chi connectivity index (χ1) is 13.8. The van der Waals surface area contributed by atoms with E-state index in [1.54, 1.807) is 6.26 Å². The van der Waals surface area contributed by atoms with Crippen LogP contribution in [0.4, 0.5) is 4.79 Å². The number of urea groups is 1. The van der Waals surface area contributed by atoms with Gasteiger partial charge in [-0.3, -0.25) is 14.9 Å². The molecule has 1 aromatic carbocycles. The van der Waals surface area contributed by atoms with Crippen LogP contribution in [0, 0.1) is 13.8 Å². The van der Waals surface area contributed by atoms with Crippen molar-refractivity contribution < 1.29 is 23.5 Å². The average molecular weight is 400 g/mol. The number of esters is 1. The number of rotatable bonds is 5. The molecule has 0 spiro atoms. The smallest absolute Gasteiger partial charge is 0.321 e. The molecule has 1 saturated carbocycles. The number of furan rings is 1. The highest BCUT2D eigenvalue weighted by molar-refractivity contribution is 5.97. The third kappa shape index (κ3) is 5.16. The predicted molar refractivity (Wildman–Crippen MR) is 108 cm³/mol. The van der Waals surface area contributed by atoms with Crippen molar-refractivity contribution in [1.82, 2.24) is 10.6 Å². The van der Waals surface area contributed by atoms with Gasteiger partial charge in [-0.05, 0) is 44.7 Å². The van der Waals surface area contributed by atoms with Gasteiger partial charge in [0.15, 0.2) is 6.10 Å². The monoisotopic (exact) mass is 400 g/mol. The fourth-order valence-electron chi connectivity index (χ4n) is 3.66. The van der Waals surface area contributed by atoms with E-state index in [9.17, 15) is 14.4 Å². The lowest BCUT2D eigenvalue weighted by atomic mass is 9.96. The van der Waals surface area contributed by atoms with Gasteiger partial charge in [-0.1, -0.05) is 31.4 Å². The number of hydrogen-bond donors (Lipinski definition) is 2. The maximum atomic E-state index is 12.3. The molecule has 156 valence electrons. The summed E-state index contributed by atoms with van der Waals surface area (Å²) in [5.74, 6) is -1.20. The van der Waals surface area contributed by atoms with Crippen molar-refractivity contribution in [2.24, 2.45) is 0 Å². The standard InChI is InChI=1S/C22H28N2O5/c1-13-9-10-18-16(12-28-20(18)14(13)2)11-19(25)29-15(3)21(26)24-22(27)23-17-7-5-4-6-8-17/h9-10,12,15,17H,4-8,11H2,1-3H3,(H2,23,24,26,27)/t15-/m1/s1. The zero-order valence-corrected chi connectivity index (χ0v) is 17.2. The molecule has 29 heavy (non-hydrogen) atoms. The second kappa shape index (κ2) is 9.11. The average Bonchev–Trinajstić information content (AvgIpc) is 3.08. The van der Waals surface area contributed by atoms with Crippen LogP contribution in [-0.4, -0.2) is 30.1 Å². The van der Waals surface area contributed by atoms with Gasteiger partial charge < -0.3 is 14.5 Å². The normalized spacial score (nSPS) is 15.7. The fraction of sp³-hybridized carbons (Fsp3) is 0.500. The number of ether oxygens (including phenoxy) is 1. The Bertz CT molecular complexity index is 911. The van der Waals surface area contributed by atoms with Gasteiger partial charge in [-0.2, -0.15) is 0 Å². The summed E-state index contributed by atoms with van der Waals surface area (Å²) in [6.45, 7) is 5.41. The van der Waals surface area contributed by atoms with E-state index in [1.807, 2.05) is 26.0 Å². The molecule has 1 fully saturated rings. The van der Waals surface area contributed by atoms with Gasteiger partial charge in [0.1, 0.15) is 5.58 Å². The number of hydrogen-bond acceptors (Lipinski definition) is 5. The Balaban J connectivity index is 1.51. The third-order valence-electron chi connectivity index (χ3n) is 5.53. The van der Waals surface area contributed by atoms with E-state index < -0.39 is 24.0 Å². The van der Waals surface area contributed by atoms with Gasteiger partial charge in [0, 0.05) is 17.0 Å². The number of aryl methyl sites for hydroxylation is 2. The van der Waals surface area contributed by atoms with Crippen molar-refractivity contribution >= 4 is 28.9 Å². The van der Waals surface area contributed by atoms with E-state index >= 15 is 0 Å². The first-order valence-electron chi connectivity index (χ1n) is 10.1. The number of imide groups is 1. The van der Waals surface area contributed by atoms with E-state index in [4.69, 9.17) is 9.15 Å². The molecule has 0 saturated heterocycles. The lowest BCUT2D eigenvalue weighted by molar-refractivity contribution is -0.153. The van der Waals surface area contributed by atoms with Crippen LogP contribution in [0.15, 0.2) is 22.8 Å². The Morgan fingerprint density at radius 1 is 1.17 bits per heavy atom. The van der Waals surface area contributed by atoms with Crippen LogP contribution >= 0.6 is 0 Å². The van der Waals surface area contributed by atoms with Crippen molar-refractivity contribution in [3.8, 4) is 0 Å². The van der Waals surface area contributed by atoms with Gasteiger partial charge in [0.25, 0.3) is 5.91 Å². The number of amides is 3. The van der Waals surface area contributed by atoms with E-state index in [0.717, 1.165) is 47.8 Å². The Morgan fingerprint density at radius 2 is 1.90 bits per heavy atom. The van der Waals surface area contributed by atoms with E-state index in [0.29, 0.717) is 5.56 Å². The second-order valence-electron chi connectivity index (χ2n) is 7.75. The summed E-state index contributed by atoms with van der Waals surface area (Å²) in [7, 11) is 0. The highest BCUT2D eigenvalue weighted by Crippen LogP contribution is 2.27. The molecule has 1 aliphatic carbocycles. The van der Waals surface area contributed by atoms with Crippen molar-refractivity contribution in [3.05, 3.63) is 35.1 Å². The third-order valence-corrected chi connectivity index (χ3v) is 5.53. The molecule has 1 aliphatic rings. The molecular weight excluding hydrogens is 372 g/mol. The fourth-order valence-corrected chi connectivity index (χ4v) is 3.66. The molecule has 1 aromatic heterocycles. The second-order valence-corrected chi connectivity index (χ2v) is 7.75. The van der Waals surface area contributed by atoms with Gasteiger partial charge in [0.2, 0.25) is 0 Å². The van der Waals surface area contributed by atoms with Gasteiger partial charge in [0.05, 0.1) is 12.7 Å². The lowest BCUT2D eigenvalue weighted by Gasteiger charge is -2.23. The molecule has 2 aromatic rings. The Kier molecular flexibility index (Phi) is 6.56. The van der Waals surface area contributed by atoms with Crippen molar-refractivity contribution in [3.63, 3.8) is 0 Å². The lowest BCUT2D eigenvalue weighted by Crippen LogP contribution is -2.48. The minimum Gasteiger partial charge on any atom is -0.464 e. The van der Waals surface area contributed by atoms with Crippen LogP contribution in [0.25, 0.3) is 11.0 Å². The maximum Gasteiger partial charge on any atom is 0.321 e. The first-order valence-corrected chi connectivity index (χ1v) is 10.1. The van der Waals surface area contributed by atoms with E-state index in [-0.39, 0.29) is 12.5 Å². The largest absolute Gasteiger partial charge is 0.464 e. The van der Waals surface area contributed by atoms with Gasteiger partial charge >= 0.3 is 12.0 Å². The molecular formula is C22H28N2O5. The van der Waals surface area contributed by atoms with E-state index in [2.05, 4.69) is 10.6 Å². The Labute approximate surface area is 170 Å². The summed E-state index contributed by atoms with van der Waals surface area (Å²) >= 11 is 0. The molecule has 1 atom stereocenters. The molecule has 3 amide bonds. The number of benzene rings is 1. The van der Waals surface area contributed by atoms with E-state index in [1.165, 1.54) is 13.3 Å². The number of nitrogens with one attached hydrogen (secondary N) is 2. The molecule has 7 heteroatoms. The van der Waals surface area contributed by atoms with Crippen LogP contribution in [0.2, 0.25) is 0 Å². The summed E-state index contributed by atoms with van der Waals surface area (Å²) in [6.07, 6.45) is 5.64. The van der Waals surface area contributed by atoms with Crippen molar-refractivity contribution in [2.75, 3.05) is 0 Å². The Hall–Kier alpha value is -2.83. The molecule has 1 heterocycles. The summed E-state index contributed by atoms with van der Waals surface area (Å²) in [5, 5.41) is 5.91. The van der Waals surface area contributed by atoms with Gasteiger partial charge in [-0.25, -0.2) is 4.79 Å². The molecule has 0 aliphatic heterocycles. The Morgan fingerprint density at radius 3 is 2.62 bits per heavy atom. The number of carbonyl (C=O) groups excluding carboxylic acids is 3. The molecule has 7 nitrogen and oxygen atoms in total. The molecule has 0 bridgehead atoms. The highest BCUT2D eigenvalue weighted by atomic mass is 16.5. The maximum absolute atomic E-state index is 12.3. The SMILES string of the molecule is Cc1ccc2c(CC(=O)O[C@H](C)C(=O)NC(=O)NC3CCCCC3)coc2c1C. The minimum atomic E-state index is -1.07. The quantitative estimate of drug-likeness (QED) is 0.746. The summed E-state index contributed by atoms with van der Waals surface area (Å²) in [4.78, 5) is 36.4. The molecule has 0 radical (unpaired) electrons. The predicted octanol–water partition coefficient (Wildman–Crippen LogP) is 3.68.